The maximum atomic E-state index is 14.0. The molecule has 0 fully saturated rings. The third-order valence-corrected chi connectivity index (χ3v) is 14.9. The summed E-state index contributed by atoms with van der Waals surface area (Å²) in [5.74, 6) is -1.18. The highest BCUT2D eigenvalue weighted by Crippen LogP contribution is 2.44. The molecule has 6 aromatic carbocycles. The van der Waals surface area contributed by atoms with Gasteiger partial charge in [-0.25, -0.2) is 9.37 Å². The van der Waals surface area contributed by atoms with E-state index >= 15 is 0 Å². The van der Waals surface area contributed by atoms with Gasteiger partial charge in [-0.05, 0) is 111 Å². The van der Waals surface area contributed by atoms with Crippen LogP contribution in [0.3, 0.4) is 0 Å². The average molecular weight is 1050 g/mol. The molecule has 3 heterocycles. The number of likely N-dealkylation sites (N-methyl/N-ethyl adjacent to an activating group) is 2. The first kappa shape index (κ1) is 45.8. The second-order valence-corrected chi connectivity index (χ2v) is 19.1. The van der Waals surface area contributed by atoms with E-state index in [9.17, 15) is 24.0 Å². The van der Waals surface area contributed by atoms with Crippen molar-refractivity contribution in [2.45, 2.75) is 34.6 Å². The van der Waals surface area contributed by atoms with Crippen molar-refractivity contribution < 1.29 is 33.1 Å². The molecule has 13 heteroatoms. The minimum absolute atomic E-state index is 0.159. The molecule has 69 heavy (non-hydrogen) atoms. The Morgan fingerprint density at radius 1 is 0.638 bits per heavy atom. The van der Waals surface area contributed by atoms with Gasteiger partial charge in [-0.1, -0.05) is 74.3 Å². The summed E-state index contributed by atoms with van der Waals surface area (Å²) in [6, 6.07) is 33.9. The molecule has 0 atom stereocenters. The van der Waals surface area contributed by atoms with Crippen LogP contribution in [-0.2, 0) is 4.74 Å². The lowest BCUT2D eigenvalue weighted by Crippen LogP contribution is -2.45. The molecule has 0 aromatic heterocycles. The molecule has 0 unspecified atom stereocenters. The van der Waals surface area contributed by atoms with Crippen molar-refractivity contribution in [1.82, 2.24) is 14.4 Å². The molecule has 346 valence electrons. The van der Waals surface area contributed by atoms with E-state index in [0.717, 1.165) is 58.4 Å². The molecule has 0 saturated heterocycles. The fourth-order valence-corrected chi connectivity index (χ4v) is 11.1. The normalized spacial score (nSPS) is 13.9. The van der Waals surface area contributed by atoms with E-state index in [4.69, 9.17) is 9.15 Å². The van der Waals surface area contributed by atoms with Crippen LogP contribution in [0, 0.1) is 13.8 Å². The zero-order chi connectivity index (χ0) is 48.4. The topological polar surface area (TPSA) is 120 Å². The van der Waals surface area contributed by atoms with Crippen LogP contribution < -0.4 is 14.8 Å². The van der Waals surface area contributed by atoms with Gasteiger partial charge in [-0.15, -0.1) is 0 Å². The van der Waals surface area contributed by atoms with Crippen LogP contribution in [0.15, 0.2) is 123 Å². The molecule has 10 rings (SSSR count). The smallest absolute Gasteiger partial charge is 0.338 e. The van der Waals surface area contributed by atoms with E-state index < -0.39 is 5.97 Å². The molecular formula is C56H47Br2N4O7+. The standard InChI is InChI=1S/C56H47Br2N4O7/c1-6-59(23-25-61-52(63)37-17-11-15-35-43(57)21-19-39(50(35)37)54(61)65)45-29-47-41(27-31(45)4)49(33-13-9-10-14-34(33)56(67)68-8-3)42-28-32(5)46(30-48(42)69-47)60(7-2)24-26-62-53(64)38-18-12-16-36-44(58)22-20-40(51(36)38)55(62)66/h9-22,27-30H,6-8,23-26H2,1-5H3/q+1. The van der Waals surface area contributed by atoms with Gasteiger partial charge in [0, 0.05) is 95.4 Å². The Morgan fingerprint density at radius 3 is 1.81 bits per heavy atom. The lowest BCUT2D eigenvalue weighted by Gasteiger charge is -2.31. The molecule has 11 nitrogen and oxygen atoms in total. The molecule has 1 aliphatic carbocycles. The van der Waals surface area contributed by atoms with Crippen molar-refractivity contribution in [3.05, 3.63) is 162 Å². The van der Waals surface area contributed by atoms with Gasteiger partial charge in [-0.3, -0.25) is 29.0 Å². The first-order valence-corrected chi connectivity index (χ1v) is 24.7. The number of hydrogen-bond acceptors (Lipinski definition) is 8. The van der Waals surface area contributed by atoms with Gasteiger partial charge in [-0.2, -0.15) is 0 Å². The van der Waals surface area contributed by atoms with Crippen molar-refractivity contribution in [2.24, 2.45) is 0 Å². The van der Waals surface area contributed by atoms with Crippen LogP contribution in [0.25, 0.3) is 55.0 Å². The summed E-state index contributed by atoms with van der Waals surface area (Å²) in [5.41, 5.74) is 7.99. The third-order valence-electron chi connectivity index (χ3n) is 13.6. The fraction of sp³-hybridized carbons (Fsp3) is 0.214. The maximum absolute atomic E-state index is 14.0. The number of fused-ring (bicyclic) bond motifs is 2. The number of amides is 4. The number of ether oxygens (including phenoxy) is 1. The van der Waals surface area contributed by atoms with E-state index in [1.807, 2.05) is 94.4 Å². The third kappa shape index (κ3) is 7.63. The number of carbonyl (C=O) groups is 5. The van der Waals surface area contributed by atoms with Crippen LogP contribution in [0.1, 0.15) is 83.7 Å². The van der Waals surface area contributed by atoms with Crippen LogP contribution in [0.2, 0.25) is 0 Å². The highest BCUT2D eigenvalue weighted by Gasteiger charge is 2.36. The van der Waals surface area contributed by atoms with E-state index in [1.165, 1.54) is 9.80 Å². The van der Waals surface area contributed by atoms with Crippen LogP contribution in [0.4, 0.5) is 5.69 Å². The van der Waals surface area contributed by atoms with Gasteiger partial charge in [0.1, 0.15) is 17.9 Å². The Hall–Kier alpha value is -6.96. The maximum Gasteiger partial charge on any atom is 0.338 e. The molecule has 4 aliphatic rings. The Labute approximate surface area is 415 Å². The molecular weight excluding hydrogens is 1000 g/mol. The van der Waals surface area contributed by atoms with Crippen molar-refractivity contribution in [3.8, 4) is 22.5 Å². The van der Waals surface area contributed by atoms with E-state index in [2.05, 4.69) is 53.5 Å². The Kier molecular flexibility index (Phi) is 12.1. The van der Waals surface area contributed by atoms with Gasteiger partial charge in [0.15, 0.2) is 6.54 Å². The number of carbonyl (C=O) groups excluding carboxylic acids is 5. The quantitative estimate of drug-likeness (QED) is 0.0513. The molecule has 3 aliphatic heterocycles. The predicted octanol–water partition coefficient (Wildman–Crippen LogP) is 11.0. The average Bonchev–Trinajstić information content (AvgIpc) is 3.35. The number of imide groups is 2. The van der Waals surface area contributed by atoms with Crippen LogP contribution >= 0.6 is 31.9 Å². The lowest BCUT2D eigenvalue weighted by molar-refractivity contribution is 0.0524. The number of esters is 1. The zero-order valence-corrected chi connectivity index (χ0v) is 41.9. The number of hydrogen-bond donors (Lipinski definition) is 0. The summed E-state index contributed by atoms with van der Waals surface area (Å²) in [7, 11) is 0. The summed E-state index contributed by atoms with van der Waals surface area (Å²) in [5, 5.41) is 4.62. The second kappa shape index (κ2) is 18.2. The first-order chi connectivity index (χ1) is 33.3. The van der Waals surface area contributed by atoms with E-state index in [0.29, 0.717) is 81.7 Å². The molecule has 0 bridgehead atoms. The number of halogens is 2. The Bertz CT molecular complexity index is 3540. The van der Waals surface area contributed by atoms with Crippen molar-refractivity contribution >= 4 is 99.7 Å². The van der Waals surface area contributed by atoms with Gasteiger partial charge in [0.05, 0.1) is 24.8 Å². The summed E-state index contributed by atoms with van der Waals surface area (Å²) in [4.78, 5) is 74.3. The van der Waals surface area contributed by atoms with Gasteiger partial charge < -0.3 is 14.1 Å². The number of nitrogens with zero attached hydrogens (tertiary/aromatic N) is 4. The van der Waals surface area contributed by atoms with Crippen molar-refractivity contribution in [3.63, 3.8) is 0 Å². The van der Waals surface area contributed by atoms with Crippen molar-refractivity contribution in [1.29, 1.82) is 0 Å². The first-order valence-electron chi connectivity index (χ1n) is 23.1. The minimum Gasteiger partial charge on any atom is -0.462 e. The molecule has 0 radical (unpaired) electrons. The summed E-state index contributed by atoms with van der Waals surface area (Å²) in [6.07, 6.45) is 0. The van der Waals surface area contributed by atoms with E-state index in [-0.39, 0.29) is 43.3 Å². The molecule has 6 aromatic rings. The highest BCUT2D eigenvalue weighted by molar-refractivity contribution is 9.11. The van der Waals surface area contributed by atoms with Crippen LogP contribution in [-0.4, -0.2) is 85.3 Å². The molecule has 0 spiro atoms. The molecule has 4 amide bonds. The SMILES string of the molecule is CCOC(=O)c1ccccc1-c1c2cc(C)c(=[N+](CC)CCN3C(=O)c4cccc5c(Br)ccc(c45)C3=O)cc-2oc2cc(N(CC)CCN3C(=O)c4cccc5c(Br)ccc(c45)C3=O)c(C)cc12. The molecule has 0 saturated carbocycles. The largest absolute Gasteiger partial charge is 0.462 e. The Balaban J connectivity index is 1.06. The van der Waals surface area contributed by atoms with Gasteiger partial charge in [0.2, 0.25) is 5.36 Å². The van der Waals surface area contributed by atoms with Crippen LogP contribution in [0.5, 0.6) is 0 Å². The van der Waals surface area contributed by atoms with Gasteiger partial charge in [0.25, 0.3) is 23.6 Å². The zero-order valence-electron chi connectivity index (χ0n) is 38.7. The number of anilines is 1. The Morgan fingerprint density at radius 2 is 1.22 bits per heavy atom. The second-order valence-electron chi connectivity index (χ2n) is 17.3. The number of aryl methyl sites for hydroxylation is 2. The summed E-state index contributed by atoms with van der Waals surface area (Å²) >= 11 is 7.16. The summed E-state index contributed by atoms with van der Waals surface area (Å²) < 4.78 is 16.3. The summed E-state index contributed by atoms with van der Waals surface area (Å²) in [6.45, 7) is 12.3. The van der Waals surface area contributed by atoms with E-state index in [1.54, 1.807) is 37.3 Å². The number of rotatable bonds is 12. The fourth-order valence-electron chi connectivity index (χ4n) is 10.2. The molecule has 0 N–H and O–H groups in total. The predicted molar refractivity (Wildman–Crippen MR) is 276 cm³/mol. The van der Waals surface area contributed by atoms with Crippen molar-refractivity contribution in [2.75, 3.05) is 50.8 Å². The van der Waals surface area contributed by atoms with Gasteiger partial charge >= 0.3 is 5.97 Å². The number of benzene rings is 7. The monoisotopic (exact) mass is 1050 g/mol. The highest BCUT2D eigenvalue weighted by atomic mass is 79.9. The minimum atomic E-state index is -0.437. The lowest BCUT2D eigenvalue weighted by atomic mass is 9.89.